The number of rotatable bonds is 6. The van der Waals surface area contributed by atoms with Gasteiger partial charge >= 0.3 is 0 Å². The van der Waals surface area contributed by atoms with Crippen molar-refractivity contribution in [1.82, 2.24) is 15.2 Å². The minimum absolute atomic E-state index is 0. The zero-order chi connectivity index (χ0) is 17.1. The Labute approximate surface area is 161 Å². The summed E-state index contributed by atoms with van der Waals surface area (Å²) in [7, 11) is 0. The Hall–Kier alpha value is -2.28. The molecule has 0 radical (unpaired) electrons. The summed E-state index contributed by atoms with van der Waals surface area (Å²) in [5.74, 6) is 1.26. The molecule has 2 aromatic heterocycles. The van der Waals surface area contributed by atoms with Crippen LogP contribution in [0.25, 0.3) is 10.9 Å². The number of H-pyrrole nitrogens is 1. The minimum atomic E-state index is -0.321. The molecule has 0 bridgehead atoms. The molecule has 0 spiro atoms. The van der Waals surface area contributed by atoms with Crippen LogP contribution in [0.3, 0.4) is 0 Å². The average molecular weight is 386 g/mol. The van der Waals surface area contributed by atoms with E-state index < -0.39 is 0 Å². The molecular weight excluding hydrogens is 368 g/mol. The lowest BCUT2D eigenvalue weighted by Crippen LogP contribution is -3.00. The molecule has 0 unspecified atom stereocenters. The molecule has 26 heavy (non-hydrogen) atoms. The standard InChI is InChI=1S/C19H18N4OS.ClH/c20-16(10-14-11-21-17-9-5-4-8-15(14)17)18-22-23-19(24-18)25-12-13-6-2-1-3-7-13;/h1-9,11,16,21H,10,12,20H2;1H/p-1/t16-;/m0./s1. The highest BCUT2D eigenvalue weighted by Crippen LogP contribution is 2.26. The minimum Gasteiger partial charge on any atom is -1.00 e. The summed E-state index contributed by atoms with van der Waals surface area (Å²) in [6.07, 6.45) is 2.64. The maximum Gasteiger partial charge on any atom is 0.276 e. The molecule has 0 aliphatic rings. The van der Waals surface area contributed by atoms with Gasteiger partial charge in [-0.05, 0) is 23.6 Å². The van der Waals surface area contributed by atoms with E-state index in [1.807, 2.05) is 36.5 Å². The number of fused-ring (bicyclic) bond motifs is 1. The third-order valence-corrected chi connectivity index (χ3v) is 4.95. The number of para-hydroxylation sites is 1. The van der Waals surface area contributed by atoms with E-state index in [-0.39, 0.29) is 18.4 Å². The lowest BCUT2D eigenvalue weighted by Gasteiger charge is -2.05. The Morgan fingerprint density at radius 3 is 2.65 bits per heavy atom. The quantitative estimate of drug-likeness (QED) is 0.486. The van der Waals surface area contributed by atoms with Crippen molar-refractivity contribution in [3.05, 3.63) is 77.8 Å². The average Bonchev–Trinajstić information content (AvgIpc) is 3.29. The molecule has 0 saturated heterocycles. The molecule has 0 saturated carbocycles. The van der Waals surface area contributed by atoms with Crippen molar-refractivity contribution in [2.75, 3.05) is 0 Å². The smallest absolute Gasteiger partial charge is 0.276 e. The zero-order valence-corrected chi connectivity index (χ0v) is 15.5. The van der Waals surface area contributed by atoms with E-state index in [1.165, 1.54) is 22.7 Å². The van der Waals surface area contributed by atoms with Gasteiger partial charge in [0.1, 0.15) is 0 Å². The van der Waals surface area contributed by atoms with E-state index in [0.29, 0.717) is 17.5 Å². The van der Waals surface area contributed by atoms with Crippen LogP contribution in [-0.4, -0.2) is 15.2 Å². The summed E-state index contributed by atoms with van der Waals surface area (Å²) in [5, 5.41) is 9.94. The Balaban J connectivity index is 0.00000196. The van der Waals surface area contributed by atoms with Gasteiger partial charge in [0.15, 0.2) is 0 Å². The van der Waals surface area contributed by atoms with Crippen molar-refractivity contribution < 1.29 is 16.8 Å². The topological polar surface area (TPSA) is 80.7 Å². The van der Waals surface area contributed by atoms with Crippen molar-refractivity contribution in [1.29, 1.82) is 0 Å². The molecule has 2 aromatic carbocycles. The highest BCUT2D eigenvalue weighted by molar-refractivity contribution is 7.98. The van der Waals surface area contributed by atoms with Gasteiger partial charge in [-0.3, -0.25) is 0 Å². The van der Waals surface area contributed by atoms with E-state index in [0.717, 1.165) is 16.8 Å². The van der Waals surface area contributed by atoms with Gasteiger partial charge in [0, 0.05) is 22.9 Å². The number of hydrogen-bond donors (Lipinski definition) is 2. The number of nitrogens with two attached hydrogens (primary N) is 1. The number of benzene rings is 2. The first-order chi connectivity index (χ1) is 12.3. The molecule has 5 nitrogen and oxygen atoms in total. The Kier molecular flexibility index (Phi) is 5.98. The first-order valence-electron chi connectivity index (χ1n) is 8.10. The summed E-state index contributed by atoms with van der Waals surface area (Å²) in [6.45, 7) is 0. The van der Waals surface area contributed by atoms with E-state index in [9.17, 15) is 0 Å². The largest absolute Gasteiger partial charge is 1.00 e. The molecule has 0 aliphatic carbocycles. The summed E-state index contributed by atoms with van der Waals surface area (Å²) >= 11 is 1.52. The van der Waals surface area contributed by atoms with Gasteiger partial charge in [-0.15, -0.1) is 10.2 Å². The van der Waals surface area contributed by atoms with Crippen molar-refractivity contribution in [2.24, 2.45) is 5.73 Å². The Morgan fingerprint density at radius 2 is 1.81 bits per heavy atom. The fraction of sp³-hybridized carbons (Fsp3) is 0.158. The number of nitrogens with zero attached hydrogens (tertiary/aromatic N) is 2. The second kappa shape index (κ2) is 8.40. The molecule has 4 aromatic rings. The zero-order valence-electron chi connectivity index (χ0n) is 13.9. The van der Waals surface area contributed by atoms with Crippen LogP contribution in [0, 0.1) is 0 Å². The molecule has 134 valence electrons. The van der Waals surface area contributed by atoms with E-state index in [2.05, 4.69) is 39.4 Å². The predicted octanol–water partition coefficient (Wildman–Crippen LogP) is 1.09. The molecule has 0 fully saturated rings. The monoisotopic (exact) mass is 385 g/mol. The maximum absolute atomic E-state index is 6.28. The second-order valence-corrected chi connectivity index (χ2v) is 6.78. The molecule has 4 rings (SSSR count). The highest BCUT2D eigenvalue weighted by atomic mass is 35.5. The van der Waals surface area contributed by atoms with Gasteiger partial charge in [-0.1, -0.05) is 60.3 Å². The van der Waals surface area contributed by atoms with Crippen LogP contribution in [-0.2, 0) is 12.2 Å². The third-order valence-electron chi connectivity index (χ3n) is 4.06. The van der Waals surface area contributed by atoms with Crippen LogP contribution in [0.15, 0.2) is 70.4 Å². The fourth-order valence-electron chi connectivity index (χ4n) is 2.77. The predicted molar refractivity (Wildman–Crippen MR) is 99.2 cm³/mol. The number of aromatic amines is 1. The van der Waals surface area contributed by atoms with Gasteiger partial charge in [-0.2, -0.15) is 0 Å². The third kappa shape index (κ3) is 4.09. The molecule has 7 heteroatoms. The fourth-order valence-corrected chi connectivity index (χ4v) is 3.50. The second-order valence-electron chi connectivity index (χ2n) is 5.85. The summed E-state index contributed by atoms with van der Waals surface area (Å²) in [4.78, 5) is 3.26. The Bertz CT molecular complexity index is 970. The number of halogens is 1. The SMILES string of the molecule is N[C@@H](Cc1c[nH]c2ccccc12)c1nnc(SCc2ccccc2)o1.[Cl-]. The van der Waals surface area contributed by atoms with Crippen LogP contribution < -0.4 is 18.1 Å². The van der Waals surface area contributed by atoms with Gasteiger partial charge in [0.05, 0.1) is 6.04 Å². The van der Waals surface area contributed by atoms with E-state index in [1.54, 1.807) is 0 Å². The van der Waals surface area contributed by atoms with Gasteiger partial charge in [0.25, 0.3) is 5.22 Å². The molecular formula is C19H18ClN4OS-. The number of thioether (sulfide) groups is 1. The van der Waals surface area contributed by atoms with Crippen molar-refractivity contribution in [2.45, 2.75) is 23.4 Å². The summed E-state index contributed by atoms with van der Waals surface area (Å²) in [6, 6.07) is 18.0. The maximum atomic E-state index is 6.28. The summed E-state index contributed by atoms with van der Waals surface area (Å²) in [5.41, 5.74) is 9.75. The molecule has 1 atom stereocenters. The molecule has 3 N–H and O–H groups in total. The summed E-state index contributed by atoms with van der Waals surface area (Å²) < 4.78 is 5.73. The first-order valence-corrected chi connectivity index (χ1v) is 9.09. The number of nitrogens with one attached hydrogen (secondary N) is 1. The first kappa shape index (κ1) is 18.5. The van der Waals surface area contributed by atoms with E-state index >= 15 is 0 Å². The number of hydrogen-bond acceptors (Lipinski definition) is 5. The van der Waals surface area contributed by atoms with Crippen molar-refractivity contribution in [3.63, 3.8) is 0 Å². The normalized spacial score (nSPS) is 12.0. The van der Waals surface area contributed by atoms with Crippen LogP contribution in [0.1, 0.15) is 23.1 Å². The lowest BCUT2D eigenvalue weighted by atomic mass is 10.1. The number of aromatic nitrogens is 3. The van der Waals surface area contributed by atoms with Crippen LogP contribution >= 0.6 is 11.8 Å². The highest BCUT2D eigenvalue weighted by Gasteiger charge is 2.17. The molecule has 0 amide bonds. The van der Waals surface area contributed by atoms with Gasteiger partial charge in [0.2, 0.25) is 5.89 Å². The Morgan fingerprint density at radius 1 is 1.04 bits per heavy atom. The van der Waals surface area contributed by atoms with Gasteiger partial charge in [-0.25, -0.2) is 0 Å². The lowest BCUT2D eigenvalue weighted by molar-refractivity contribution is -0.00000569. The van der Waals surface area contributed by atoms with Crippen LogP contribution in [0.4, 0.5) is 0 Å². The molecule has 2 heterocycles. The van der Waals surface area contributed by atoms with Crippen molar-refractivity contribution >= 4 is 22.7 Å². The molecule has 0 aliphatic heterocycles. The van der Waals surface area contributed by atoms with E-state index in [4.69, 9.17) is 10.2 Å². The van der Waals surface area contributed by atoms with Crippen LogP contribution in [0.5, 0.6) is 0 Å². The van der Waals surface area contributed by atoms with Gasteiger partial charge < -0.3 is 27.5 Å². The van der Waals surface area contributed by atoms with Crippen molar-refractivity contribution in [3.8, 4) is 0 Å². The van der Waals surface area contributed by atoms with Crippen LogP contribution in [0.2, 0.25) is 0 Å².